The molecular formula is C42H34N4O6S. The van der Waals surface area contributed by atoms with E-state index >= 15 is 0 Å². The van der Waals surface area contributed by atoms with Crippen molar-refractivity contribution in [2.24, 2.45) is 4.99 Å². The van der Waals surface area contributed by atoms with E-state index in [-0.39, 0.29) is 21.4 Å². The largest absolute Gasteiger partial charge is 0.497 e. The predicted molar refractivity (Wildman–Crippen MR) is 204 cm³/mol. The van der Waals surface area contributed by atoms with Gasteiger partial charge in [-0.2, -0.15) is 5.10 Å². The van der Waals surface area contributed by atoms with E-state index in [2.05, 4.69) is 15.2 Å². The van der Waals surface area contributed by atoms with Gasteiger partial charge in [-0.25, -0.2) is 8.42 Å². The van der Waals surface area contributed by atoms with E-state index in [9.17, 15) is 13.2 Å². The number of aliphatic imine (C=N–C) groups is 1. The van der Waals surface area contributed by atoms with Crippen molar-refractivity contribution in [3.63, 3.8) is 0 Å². The molecule has 0 bridgehead atoms. The highest BCUT2D eigenvalue weighted by atomic mass is 32.2. The minimum absolute atomic E-state index is 0.0584. The summed E-state index contributed by atoms with van der Waals surface area (Å²) in [5.41, 5.74) is 4.44. The molecular weight excluding hydrogens is 689 g/mol. The predicted octanol–water partition coefficient (Wildman–Crippen LogP) is 8.78. The molecule has 7 rings (SSSR count). The molecule has 2 heterocycles. The van der Waals surface area contributed by atoms with E-state index in [1.165, 1.54) is 35.4 Å². The first-order chi connectivity index (χ1) is 25.7. The first-order valence-electron chi connectivity index (χ1n) is 16.7. The molecule has 53 heavy (non-hydrogen) atoms. The molecule has 0 spiro atoms. The lowest BCUT2D eigenvalue weighted by Gasteiger charge is -2.23. The van der Waals surface area contributed by atoms with Crippen LogP contribution in [0.2, 0.25) is 0 Å². The molecule has 11 heteroatoms. The number of ether oxygens (including phenoxy) is 2. The summed E-state index contributed by atoms with van der Waals surface area (Å²) < 4.78 is 43.5. The number of carbonyl (C=O) groups excluding carboxylic acids is 1. The van der Waals surface area contributed by atoms with Gasteiger partial charge in [0.2, 0.25) is 9.84 Å². The molecule has 5 aromatic carbocycles. The summed E-state index contributed by atoms with van der Waals surface area (Å²) >= 11 is 0. The number of rotatable bonds is 11. The van der Waals surface area contributed by atoms with Crippen molar-refractivity contribution in [3.8, 4) is 11.5 Å². The summed E-state index contributed by atoms with van der Waals surface area (Å²) in [6, 6.07) is 38.6. The fraction of sp³-hybridized carbons (Fsp3) is 0.0952. The van der Waals surface area contributed by atoms with Gasteiger partial charge in [-0.3, -0.25) is 14.7 Å². The monoisotopic (exact) mass is 722 g/mol. The number of amides is 1. The molecule has 0 radical (unpaired) electrons. The van der Waals surface area contributed by atoms with Crippen molar-refractivity contribution in [2.45, 2.75) is 23.1 Å². The zero-order chi connectivity index (χ0) is 37.0. The van der Waals surface area contributed by atoms with Crippen LogP contribution in [0, 0.1) is 0 Å². The van der Waals surface area contributed by atoms with Crippen LogP contribution in [0.4, 0.5) is 17.2 Å². The number of anilines is 2. The maximum absolute atomic E-state index is 14.0. The minimum atomic E-state index is -3.91. The van der Waals surface area contributed by atoms with Gasteiger partial charge in [0.1, 0.15) is 11.5 Å². The Balaban J connectivity index is 1.20. The van der Waals surface area contributed by atoms with Crippen molar-refractivity contribution in [3.05, 3.63) is 162 Å². The first kappa shape index (κ1) is 34.8. The molecule has 0 N–H and O–H groups in total. The Morgan fingerprint density at radius 2 is 1.32 bits per heavy atom. The highest BCUT2D eigenvalue weighted by Gasteiger charge is 2.27. The molecule has 0 aliphatic rings. The van der Waals surface area contributed by atoms with Crippen molar-refractivity contribution < 1.29 is 27.1 Å². The Bertz CT molecular complexity index is 2520. The second-order valence-corrected chi connectivity index (χ2v) is 14.0. The van der Waals surface area contributed by atoms with Gasteiger partial charge in [0.25, 0.3) is 5.91 Å². The molecule has 2 aromatic heterocycles. The van der Waals surface area contributed by atoms with Gasteiger partial charge in [-0.05, 0) is 115 Å². The molecule has 0 saturated heterocycles. The minimum Gasteiger partial charge on any atom is -0.497 e. The van der Waals surface area contributed by atoms with Crippen LogP contribution in [-0.4, -0.2) is 44.5 Å². The van der Waals surface area contributed by atoms with E-state index < -0.39 is 15.7 Å². The van der Waals surface area contributed by atoms with Crippen LogP contribution in [0.3, 0.4) is 0 Å². The van der Waals surface area contributed by atoms with Crippen LogP contribution in [0.5, 0.6) is 11.5 Å². The first-order valence-corrected chi connectivity index (χ1v) is 18.1. The molecule has 0 unspecified atom stereocenters. The average molecular weight is 723 g/mol. The van der Waals surface area contributed by atoms with E-state index in [0.717, 1.165) is 39.4 Å². The molecule has 0 fully saturated rings. The SMILES string of the molecule is COc1ccc(Cc2nnc(N(C(=O)c3ccco3)c3ccc(S(=O)(=O)c4ccc(N=C(C)c5ccc(OC)cc5)cc4)cc3)c3ccccc23)cc1. The molecule has 0 saturated carbocycles. The zero-order valence-electron chi connectivity index (χ0n) is 29.1. The Morgan fingerprint density at radius 3 is 1.92 bits per heavy atom. The number of benzene rings is 5. The highest BCUT2D eigenvalue weighted by Crippen LogP contribution is 2.35. The smallest absolute Gasteiger partial charge is 0.299 e. The summed E-state index contributed by atoms with van der Waals surface area (Å²) in [5, 5.41) is 10.7. The lowest BCUT2D eigenvalue weighted by Crippen LogP contribution is -2.27. The summed E-state index contributed by atoms with van der Waals surface area (Å²) in [6.45, 7) is 1.89. The number of methoxy groups -OCH3 is 2. The molecule has 1 amide bonds. The van der Waals surface area contributed by atoms with Crippen LogP contribution in [0.25, 0.3) is 10.8 Å². The standard InChI is InChI=1S/C42H34N4O6S/c1-28(30-12-20-34(51-3)21-13-30)43-31-14-22-35(23-15-31)53(48,49)36-24-16-32(17-25-36)46(42(47)40-9-6-26-52-40)41-38-8-5-4-7-37(38)39(44-45-41)27-29-10-18-33(50-2)19-11-29/h4-26H,27H2,1-3H3. The summed E-state index contributed by atoms with van der Waals surface area (Å²) in [4.78, 5) is 20.2. The number of carbonyl (C=O) groups is 1. The van der Waals surface area contributed by atoms with Crippen LogP contribution in [0.15, 0.2) is 159 Å². The van der Waals surface area contributed by atoms with E-state index in [1.807, 2.05) is 79.7 Å². The van der Waals surface area contributed by atoms with Gasteiger partial charge in [0.15, 0.2) is 11.6 Å². The van der Waals surface area contributed by atoms with Crippen LogP contribution in [0.1, 0.15) is 34.3 Å². The Kier molecular flexibility index (Phi) is 9.82. The molecule has 264 valence electrons. The number of aromatic nitrogens is 2. The van der Waals surface area contributed by atoms with Crippen molar-refractivity contribution in [1.82, 2.24) is 10.2 Å². The van der Waals surface area contributed by atoms with Crippen molar-refractivity contribution >= 4 is 49.4 Å². The lowest BCUT2D eigenvalue weighted by molar-refractivity contribution is 0.0972. The van der Waals surface area contributed by atoms with Gasteiger partial charge in [-0.1, -0.05) is 36.4 Å². The van der Waals surface area contributed by atoms with E-state index in [0.29, 0.717) is 23.2 Å². The fourth-order valence-electron chi connectivity index (χ4n) is 5.92. The topological polar surface area (TPSA) is 124 Å². The second kappa shape index (κ2) is 14.9. The van der Waals surface area contributed by atoms with E-state index in [1.54, 1.807) is 50.6 Å². The molecule has 0 aliphatic carbocycles. The number of fused-ring (bicyclic) bond motifs is 1. The second-order valence-electron chi connectivity index (χ2n) is 12.1. The fourth-order valence-corrected chi connectivity index (χ4v) is 7.19. The molecule has 0 aliphatic heterocycles. The van der Waals surface area contributed by atoms with E-state index in [4.69, 9.17) is 13.9 Å². The lowest BCUT2D eigenvalue weighted by atomic mass is 10.0. The normalized spacial score (nSPS) is 11.7. The van der Waals surface area contributed by atoms with Crippen molar-refractivity contribution in [1.29, 1.82) is 0 Å². The van der Waals surface area contributed by atoms with Gasteiger partial charge in [-0.15, -0.1) is 5.10 Å². The zero-order valence-corrected chi connectivity index (χ0v) is 29.9. The third kappa shape index (κ3) is 7.28. The number of hydrogen-bond acceptors (Lipinski definition) is 9. The molecule has 10 nitrogen and oxygen atoms in total. The summed E-state index contributed by atoms with van der Waals surface area (Å²) in [7, 11) is -0.676. The average Bonchev–Trinajstić information content (AvgIpc) is 3.75. The quantitative estimate of drug-likeness (QED) is 0.121. The number of furan rings is 1. The Labute approximate surface area is 306 Å². The van der Waals surface area contributed by atoms with Crippen LogP contribution in [-0.2, 0) is 16.3 Å². The molecule has 7 aromatic rings. The number of sulfone groups is 1. The number of nitrogens with zero attached hydrogens (tertiary/aromatic N) is 4. The highest BCUT2D eigenvalue weighted by molar-refractivity contribution is 7.91. The third-order valence-electron chi connectivity index (χ3n) is 8.78. The van der Waals surface area contributed by atoms with Crippen molar-refractivity contribution in [2.75, 3.05) is 19.1 Å². The van der Waals surface area contributed by atoms with Crippen LogP contribution < -0.4 is 14.4 Å². The van der Waals surface area contributed by atoms with Gasteiger partial charge in [0.05, 0.1) is 47.3 Å². The summed E-state index contributed by atoms with van der Waals surface area (Å²) in [5.74, 6) is 1.37. The third-order valence-corrected chi connectivity index (χ3v) is 10.6. The summed E-state index contributed by atoms with van der Waals surface area (Å²) in [6.07, 6.45) is 1.92. The maximum Gasteiger partial charge on any atom is 0.299 e. The molecule has 0 atom stereocenters. The van der Waals surface area contributed by atoms with Crippen LogP contribution >= 0.6 is 0 Å². The maximum atomic E-state index is 14.0. The Morgan fingerprint density at radius 1 is 0.717 bits per heavy atom. The van der Waals surface area contributed by atoms with Gasteiger partial charge >= 0.3 is 0 Å². The Hall–Kier alpha value is -6.59. The van der Waals surface area contributed by atoms with Gasteiger partial charge < -0.3 is 13.9 Å². The number of hydrogen-bond donors (Lipinski definition) is 0. The van der Waals surface area contributed by atoms with Gasteiger partial charge in [0, 0.05) is 22.9 Å².